The minimum Gasteiger partial charge on any atom is -0.477 e. The molecule has 0 amide bonds. The number of nitrogens with zero attached hydrogens (tertiary/aromatic N) is 4. The third-order valence-electron chi connectivity index (χ3n) is 5.27. The Kier molecular flexibility index (Phi) is 7.14. The van der Waals surface area contributed by atoms with Crippen LogP contribution in [0.1, 0.15) is 51.5 Å². The van der Waals surface area contributed by atoms with E-state index in [0.717, 1.165) is 21.9 Å². The van der Waals surface area contributed by atoms with Crippen LogP contribution >= 0.6 is 22.9 Å². The summed E-state index contributed by atoms with van der Waals surface area (Å²) in [5.41, 5.74) is -1.55. The highest BCUT2D eigenvalue weighted by Gasteiger charge is 2.28. The van der Waals surface area contributed by atoms with Crippen molar-refractivity contribution >= 4 is 46.4 Å². The maximum atomic E-state index is 13.1. The molecule has 0 aliphatic rings. The van der Waals surface area contributed by atoms with Crippen LogP contribution in [0.15, 0.2) is 52.1 Å². The molecule has 0 aliphatic carbocycles. The molecule has 4 rings (SSSR count). The van der Waals surface area contributed by atoms with E-state index in [-0.39, 0.29) is 22.9 Å². The number of hydrogen-bond acceptors (Lipinski definition) is 9. The van der Waals surface area contributed by atoms with Crippen LogP contribution in [0.3, 0.4) is 0 Å². The van der Waals surface area contributed by atoms with Crippen molar-refractivity contribution in [3.63, 3.8) is 0 Å². The van der Waals surface area contributed by atoms with Gasteiger partial charge in [-0.25, -0.2) is 9.78 Å². The summed E-state index contributed by atoms with van der Waals surface area (Å²) in [6.45, 7) is 5.05. The molecule has 192 valence electrons. The van der Waals surface area contributed by atoms with Gasteiger partial charge in [0.1, 0.15) is 11.5 Å². The van der Waals surface area contributed by atoms with Crippen molar-refractivity contribution in [3.8, 4) is 11.3 Å². The molecular formula is C24H22ClN5O6S. The number of carboxylic acid groups (broad SMARTS) is 1. The number of carboxylic acids is 1. The number of carbonyl (C=O) groups is 3. The summed E-state index contributed by atoms with van der Waals surface area (Å²) in [5.74, 6) is -2.08. The minimum atomic E-state index is -1.41. The maximum absolute atomic E-state index is 13.1. The fraction of sp³-hybridized carbons (Fsp3) is 0.250. The van der Waals surface area contributed by atoms with E-state index in [1.54, 1.807) is 32.9 Å². The third kappa shape index (κ3) is 5.70. The number of hydrogen-bond donors (Lipinski definition) is 2. The third-order valence-corrected chi connectivity index (χ3v) is 6.50. The van der Waals surface area contributed by atoms with Crippen LogP contribution in [0.4, 0.5) is 5.82 Å². The van der Waals surface area contributed by atoms with Crippen molar-refractivity contribution in [3.05, 3.63) is 73.9 Å². The van der Waals surface area contributed by atoms with Gasteiger partial charge in [-0.2, -0.15) is 9.78 Å². The van der Waals surface area contributed by atoms with E-state index in [1.165, 1.54) is 28.3 Å². The minimum absolute atomic E-state index is 0.102. The Hall–Kier alpha value is -4.03. The molecule has 37 heavy (non-hydrogen) atoms. The zero-order valence-electron chi connectivity index (χ0n) is 20.0. The summed E-state index contributed by atoms with van der Waals surface area (Å²) in [6.07, 6.45) is 2.24. The molecule has 0 aliphatic heterocycles. The molecule has 4 aromatic heterocycles. The second kappa shape index (κ2) is 10.1. The number of pyridine rings is 1. The zero-order chi connectivity index (χ0) is 26.9. The van der Waals surface area contributed by atoms with Gasteiger partial charge in [0.15, 0.2) is 12.2 Å². The lowest BCUT2D eigenvalue weighted by molar-refractivity contribution is 0.0681. The molecule has 0 saturated heterocycles. The SMILES string of the molecule is CC(C)(C)C(=O)n1nc(-c2cc(C(=O)O)n(CC(=O)c3cnco3)c(=O)c2)cc1NCc1ccc(Cl)s1. The molecule has 4 heterocycles. The summed E-state index contributed by atoms with van der Waals surface area (Å²) in [6, 6.07) is 7.57. The number of oxazole rings is 1. The van der Waals surface area contributed by atoms with Crippen molar-refractivity contribution < 1.29 is 23.9 Å². The molecule has 0 unspecified atom stereocenters. The van der Waals surface area contributed by atoms with Gasteiger partial charge in [-0.05, 0) is 18.2 Å². The van der Waals surface area contributed by atoms with E-state index in [9.17, 15) is 24.3 Å². The van der Waals surface area contributed by atoms with Crippen LogP contribution in [-0.4, -0.2) is 42.1 Å². The van der Waals surface area contributed by atoms with Gasteiger partial charge in [0.25, 0.3) is 11.5 Å². The molecule has 0 atom stereocenters. The van der Waals surface area contributed by atoms with Crippen molar-refractivity contribution in [2.75, 3.05) is 5.32 Å². The van der Waals surface area contributed by atoms with Gasteiger partial charge in [-0.1, -0.05) is 32.4 Å². The predicted octanol–water partition coefficient (Wildman–Crippen LogP) is 4.29. The first-order valence-corrected chi connectivity index (χ1v) is 12.2. The Morgan fingerprint density at radius 2 is 1.95 bits per heavy atom. The smallest absolute Gasteiger partial charge is 0.352 e. The normalized spacial score (nSPS) is 11.5. The lowest BCUT2D eigenvalue weighted by Gasteiger charge is -2.18. The van der Waals surface area contributed by atoms with E-state index in [1.807, 2.05) is 6.07 Å². The summed E-state index contributed by atoms with van der Waals surface area (Å²) >= 11 is 7.39. The van der Waals surface area contributed by atoms with Crippen LogP contribution in [0.25, 0.3) is 11.3 Å². The summed E-state index contributed by atoms with van der Waals surface area (Å²) in [5, 5.41) is 17.3. The van der Waals surface area contributed by atoms with Crippen molar-refractivity contribution in [1.29, 1.82) is 0 Å². The molecule has 13 heteroatoms. The monoisotopic (exact) mass is 543 g/mol. The Morgan fingerprint density at radius 3 is 2.54 bits per heavy atom. The van der Waals surface area contributed by atoms with Crippen LogP contribution in [-0.2, 0) is 13.1 Å². The quantitative estimate of drug-likeness (QED) is 0.310. The highest BCUT2D eigenvalue weighted by atomic mass is 35.5. The number of ketones is 1. The highest BCUT2D eigenvalue weighted by Crippen LogP contribution is 2.27. The van der Waals surface area contributed by atoms with Gasteiger partial charge in [-0.15, -0.1) is 11.3 Å². The summed E-state index contributed by atoms with van der Waals surface area (Å²) < 4.78 is 7.59. The van der Waals surface area contributed by atoms with Crippen molar-refractivity contribution in [2.24, 2.45) is 5.41 Å². The largest absolute Gasteiger partial charge is 0.477 e. The number of Topliss-reactive ketones (excluding diaryl/α,β-unsaturated/α-hetero) is 1. The Balaban J connectivity index is 1.73. The Labute approximate surface area is 219 Å². The van der Waals surface area contributed by atoms with Gasteiger partial charge >= 0.3 is 5.97 Å². The molecule has 0 bridgehead atoms. The first kappa shape index (κ1) is 26.0. The second-order valence-corrected chi connectivity index (χ2v) is 10.9. The van der Waals surface area contributed by atoms with Gasteiger partial charge in [0, 0.05) is 28.0 Å². The number of thiophene rings is 1. The standard InChI is InChI=1S/C24H22ClN5O6S/c1-24(2,3)23(35)30-20(27-9-14-4-5-19(25)37-14)8-15(28-30)13-6-16(22(33)34)29(21(32)7-13)11-17(31)18-10-26-12-36-18/h4-8,10,12,27H,9,11H2,1-3H3,(H,33,34). The molecular weight excluding hydrogens is 522 g/mol. The van der Waals surface area contributed by atoms with Crippen molar-refractivity contribution in [1.82, 2.24) is 19.3 Å². The zero-order valence-corrected chi connectivity index (χ0v) is 21.6. The van der Waals surface area contributed by atoms with Crippen LogP contribution in [0, 0.1) is 5.41 Å². The van der Waals surface area contributed by atoms with E-state index in [4.69, 9.17) is 16.0 Å². The van der Waals surface area contributed by atoms with Gasteiger partial charge < -0.3 is 14.8 Å². The number of halogens is 1. The molecule has 0 fully saturated rings. The average Bonchev–Trinajstić information content (AvgIpc) is 3.58. The number of rotatable bonds is 8. The van der Waals surface area contributed by atoms with Gasteiger partial charge in [-0.3, -0.25) is 19.0 Å². The molecule has 0 spiro atoms. The van der Waals surface area contributed by atoms with Crippen LogP contribution in [0.2, 0.25) is 4.34 Å². The van der Waals surface area contributed by atoms with E-state index in [0.29, 0.717) is 16.7 Å². The lowest BCUT2D eigenvalue weighted by atomic mass is 9.96. The first-order valence-electron chi connectivity index (χ1n) is 11.0. The van der Waals surface area contributed by atoms with Gasteiger partial charge in [0.05, 0.1) is 29.3 Å². The Morgan fingerprint density at radius 1 is 1.19 bits per heavy atom. The van der Waals surface area contributed by atoms with Crippen LogP contribution < -0.4 is 10.9 Å². The molecule has 2 N–H and O–H groups in total. The molecule has 0 aromatic carbocycles. The van der Waals surface area contributed by atoms with Gasteiger partial charge in [0.2, 0.25) is 5.78 Å². The number of nitrogens with one attached hydrogen (secondary N) is 1. The molecule has 0 radical (unpaired) electrons. The second-order valence-electron chi connectivity index (χ2n) is 9.09. The highest BCUT2D eigenvalue weighted by molar-refractivity contribution is 7.16. The average molecular weight is 544 g/mol. The molecule has 11 nitrogen and oxygen atoms in total. The van der Waals surface area contributed by atoms with E-state index >= 15 is 0 Å². The molecule has 4 aromatic rings. The number of carbonyl (C=O) groups excluding carboxylic acids is 2. The number of aromatic nitrogens is 4. The fourth-order valence-electron chi connectivity index (χ4n) is 3.40. The summed E-state index contributed by atoms with van der Waals surface area (Å²) in [7, 11) is 0. The summed E-state index contributed by atoms with van der Waals surface area (Å²) in [4.78, 5) is 55.0. The number of anilines is 1. The predicted molar refractivity (Wildman–Crippen MR) is 136 cm³/mol. The van der Waals surface area contributed by atoms with E-state index < -0.39 is 35.0 Å². The topological polar surface area (TPSA) is 149 Å². The lowest BCUT2D eigenvalue weighted by Crippen LogP contribution is -2.29. The number of aromatic carboxylic acids is 1. The fourth-order valence-corrected chi connectivity index (χ4v) is 4.43. The van der Waals surface area contributed by atoms with Crippen molar-refractivity contribution in [2.45, 2.75) is 33.9 Å². The molecule has 0 saturated carbocycles. The first-order chi connectivity index (χ1) is 17.4. The maximum Gasteiger partial charge on any atom is 0.352 e. The van der Waals surface area contributed by atoms with E-state index in [2.05, 4.69) is 15.4 Å². The van der Waals surface area contributed by atoms with Crippen LogP contribution in [0.5, 0.6) is 0 Å². The Bertz CT molecular complexity index is 1540.